The molecule has 6 heterocycles. The van der Waals surface area contributed by atoms with Gasteiger partial charge in [-0.3, -0.25) is 54.4 Å². The summed E-state index contributed by atoms with van der Waals surface area (Å²) in [4.78, 5) is 76.7. The van der Waals surface area contributed by atoms with Gasteiger partial charge in [-0.15, -0.1) is 0 Å². The highest BCUT2D eigenvalue weighted by molar-refractivity contribution is 6.23. The van der Waals surface area contributed by atoms with Crippen molar-refractivity contribution in [2.75, 3.05) is 62.2 Å². The van der Waals surface area contributed by atoms with E-state index in [2.05, 4.69) is 53.9 Å². The molecule has 4 aromatic rings. The second kappa shape index (κ2) is 13.7. The average Bonchev–Trinajstić information content (AvgIpc) is 3.69. The number of H-pyrrole nitrogens is 1. The molecule has 2 aromatic heterocycles. The third-order valence-corrected chi connectivity index (χ3v) is 11.0. The Hall–Kier alpha value is -5.74. The van der Waals surface area contributed by atoms with Gasteiger partial charge in [0.2, 0.25) is 11.8 Å². The Morgan fingerprint density at radius 3 is 2.36 bits per heavy atom. The second-order valence-electron chi connectivity index (χ2n) is 14.3. The Labute approximate surface area is 304 Å². The zero-order valence-corrected chi connectivity index (χ0v) is 29.5. The van der Waals surface area contributed by atoms with Crippen LogP contribution in [0.5, 0.6) is 0 Å². The number of anilines is 2. The van der Waals surface area contributed by atoms with Crippen LogP contribution >= 0.6 is 0 Å². The van der Waals surface area contributed by atoms with Gasteiger partial charge in [-0.1, -0.05) is 0 Å². The number of pyridine rings is 1. The van der Waals surface area contributed by atoms with E-state index < -0.39 is 34.6 Å². The van der Waals surface area contributed by atoms with Crippen LogP contribution in [-0.2, 0) is 9.59 Å². The van der Waals surface area contributed by atoms with E-state index in [0.717, 1.165) is 79.8 Å². The van der Waals surface area contributed by atoms with E-state index in [4.69, 9.17) is 0 Å². The third-order valence-electron chi connectivity index (χ3n) is 11.0. The molecule has 0 aliphatic carbocycles. The fourth-order valence-electron chi connectivity index (χ4n) is 8.20. The number of aromatic nitrogens is 3. The van der Waals surface area contributed by atoms with Gasteiger partial charge in [0.25, 0.3) is 17.5 Å². The first-order valence-electron chi connectivity index (χ1n) is 18.0. The van der Waals surface area contributed by atoms with Crippen molar-refractivity contribution < 1.29 is 24.1 Å². The molecule has 16 heteroatoms. The van der Waals surface area contributed by atoms with Crippen molar-refractivity contribution in [3.8, 4) is 11.3 Å². The number of carbonyl (C=O) groups is 4. The molecular formula is C37H40N10O6. The summed E-state index contributed by atoms with van der Waals surface area (Å²) in [6, 6.07) is 13.5. The molecule has 0 bridgehead atoms. The third kappa shape index (κ3) is 6.37. The van der Waals surface area contributed by atoms with Crippen LogP contribution in [0.1, 0.15) is 47.4 Å². The van der Waals surface area contributed by atoms with E-state index in [1.807, 2.05) is 18.2 Å². The smallest absolute Gasteiger partial charge is 0.270 e. The van der Waals surface area contributed by atoms with Crippen LogP contribution in [0.15, 0.2) is 54.7 Å². The number of piperazine rings is 2. The minimum atomic E-state index is -0.980. The number of rotatable bonds is 8. The van der Waals surface area contributed by atoms with Gasteiger partial charge in [0.05, 0.1) is 21.6 Å². The number of hydrogen-bond acceptors (Lipinski definition) is 12. The van der Waals surface area contributed by atoms with E-state index in [-0.39, 0.29) is 36.2 Å². The van der Waals surface area contributed by atoms with Crippen LogP contribution in [0.4, 0.5) is 17.2 Å². The number of nitro groups is 1. The summed E-state index contributed by atoms with van der Waals surface area (Å²) in [5.74, 6) is -1.15. The van der Waals surface area contributed by atoms with E-state index in [1.54, 1.807) is 30.5 Å². The van der Waals surface area contributed by atoms with Crippen molar-refractivity contribution in [2.24, 2.45) is 0 Å². The summed E-state index contributed by atoms with van der Waals surface area (Å²) in [5, 5.41) is 21.8. The lowest BCUT2D eigenvalue weighted by molar-refractivity contribution is -0.384. The first-order valence-corrected chi connectivity index (χ1v) is 18.0. The molecular weight excluding hydrogens is 680 g/mol. The molecule has 4 aliphatic heterocycles. The molecule has 16 nitrogen and oxygen atoms in total. The van der Waals surface area contributed by atoms with Crippen molar-refractivity contribution in [2.45, 2.75) is 44.8 Å². The zero-order valence-electron chi connectivity index (χ0n) is 29.5. The fraction of sp³-hybridized carbons (Fsp3) is 0.405. The average molecular weight is 721 g/mol. The Morgan fingerprint density at radius 2 is 1.62 bits per heavy atom. The molecule has 4 amide bonds. The van der Waals surface area contributed by atoms with E-state index in [1.165, 1.54) is 6.07 Å². The maximum Gasteiger partial charge on any atom is 0.270 e. The van der Waals surface area contributed by atoms with Gasteiger partial charge in [0.1, 0.15) is 17.6 Å². The molecule has 1 unspecified atom stereocenters. The number of piperidine rings is 1. The van der Waals surface area contributed by atoms with Crippen molar-refractivity contribution in [1.29, 1.82) is 0 Å². The second-order valence-corrected chi connectivity index (χ2v) is 14.3. The van der Waals surface area contributed by atoms with Crippen molar-refractivity contribution in [3.05, 3.63) is 76.0 Å². The van der Waals surface area contributed by atoms with Crippen LogP contribution in [-0.4, -0.2) is 129 Å². The summed E-state index contributed by atoms with van der Waals surface area (Å²) in [7, 11) is 0. The predicted octanol–water partition coefficient (Wildman–Crippen LogP) is 2.66. The van der Waals surface area contributed by atoms with E-state index in [0.29, 0.717) is 16.6 Å². The Balaban J connectivity index is 0.857. The molecule has 3 saturated heterocycles. The standard InChI is InChI=1S/C37H40N10O6/c1-22-20-44(32-17-24(9-10-38-32)34-29-19-26(47(52)53)4-6-30(29)40-41-34)21-23(2)45(22)16-13-42-11-14-43(15-12-42)25-3-5-27-28(18-25)37(51)46(36(27)50)31-7-8-33(48)39-35(31)49/h3-6,9-10,17-19,22-23,31H,7-8,11-16,20-21H2,1-2H3,(H,40,41)(H,39,48,49)/t22-,23+,31?. The number of hydrogen-bond donors (Lipinski definition) is 2. The van der Waals surface area contributed by atoms with Crippen LogP contribution in [0.25, 0.3) is 22.2 Å². The molecule has 0 spiro atoms. The molecule has 4 aliphatic rings. The van der Waals surface area contributed by atoms with Crippen LogP contribution in [0.2, 0.25) is 0 Å². The number of nitrogens with zero attached hydrogens (tertiary/aromatic N) is 8. The van der Waals surface area contributed by atoms with Crippen molar-refractivity contribution in [1.82, 2.24) is 35.2 Å². The van der Waals surface area contributed by atoms with E-state index in [9.17, 15) is 29.3 Å². The molecule has 0 radical (unpaired) electrons. The molecule has 274 valence electrons. The van der Waals surface area contributed by atoms with Crippen molar-refractivity contribution in [3.63, 3.8) is 0 Å². The number of benzene rings is 2. The highest BCUT2D eigenvalue weighted by Gasteiger charge is 2.45. The van der Waals surface area contributed by atoms with Gasteiger partial charge >= 0.3 is 0 Å². The van der Waals surface area contributed by atoms with Crippen LogP contribution < -0.4 is 15.1 Å². The lowest BCUT2D eigenvalue weighted by atomic mass is 10.0. The number of nitro benzene ring substituents is 1. The number of amides is 4. The first kappa shape index (κ1) is 34.4. The Bertz CT molecular complexity index is 2130. The highest BCUT2D eigenvalue weighted by Crippen LogP contribution is 2.33. The lowest BCUT2D eigenvalue weighted by Gasteiger charge is -2.46. The Kier molecular flexibility index (Phi) is 8.86. The topological polar surface area (TPSA) is 181 Å². The van der Waals surface area contributed by atoms with E-state index >= 15 is 0 Å². The number of carbonyl (C=O) groups excluding carboxylic acids is 4. The van der Waals surface area contributed by atoms with Gasteiger partial charge in [0.15, 0.2) is 0 Å². The number of fused-ring (bicyclic) bond motifs is 2. The SMILES string of the molecule is C[C@@H]1CN(c2cc(-c3n[nH]c4ccc([N+](=O)[O-])cc34)ccn2)C[C@H](C)N1CCN1CCN(c2ccc3c(c2)C(=O)N(C2CCC(=O)NC2=O)C3=O)CC1. The molecule has 53 heavy (non-hydrogen) atoms. The molecule has 2 N–H and O–H groups in total. The van der Waals surface area contributed by atoms with Crippen molar-refractivity contribution >= 4 is 51.7 Å². The predicted molar refractivity (Wildman–Crippen MR) is 196 cm³/mol. The number of aromatic amines is 1. The van der Waals surface area contributed by atoms with Gasteiger partial charge < -0.3 is 9.80 Å². The molecule has 3 atom stereocenters. The minimum Gasteiger partial charge on any atom is -0.369 e. The maximum atomic E-state index is 13.3. The van der Waals surface area contributed by atoms with Gasteiger partial charge in [-0.2, -0.15) is 5.10 Å². The molecule has 2 aromatic carbocycles. The molecule has 8 rings (SSSR count). The summed E-state index contributed by atoms with van der Waals surface area (Å²) < 4.78 is 0. The molecule has 3 fully saturated rings. The summed E-state index contributed by atoms with van der Waals surface area (Å²) in [6.45, 7) is 11.2. The first-order chi connectivity index (χ1) is 25.5. The molecule has 0 saturated carbocycles. The number of imide groups is 2. The summed E-state index contributed by atoms with van der Waals surface area (Å²) in [6.07, 6.45) is 1.98. The van der Waals surface area contributed by atoms with Gasteiger partial charge in [0, 0.05) is 106 Å². The van der Waals surface area contributed by atoms with Crippen LogP contribution in [0.3, 0.4) is 0 Å². The van der Waals surface area contributed by atoms with Crippen LogP contribution in [0, 0.1) is 10.1 Å². The minimum absolute atomic E-state index is 0.0205. The Morgan fingerprint density at radius 1 is 0.868 bits per heavy atom. The monoisotopic (exact) mass is 720 g/mol. The summed E-state index contributed by atoms with van der Waals surface area (Å²) in [5.41, 5.74) is 3.71. The normalized spacial score (nSPS) is 22.8. The van der Waals surface area contributed by atoms with Gasteiger partial charge in [-0.05, 0) is 56.7 Å². The quantitative estimate of drug-likeness (QED) is 0.155. The lowest BCUT2D eigenvalue weighted by Crippen LogP contribution is -2.59. The largest absolute Gasteiger partial charge is 0.369 e. The van der Waals surface area contributed by atoms with Gasteiger partial charge in [-0.25, -0.2) is 4.98 Å². The summed E-state index contributed by atoms with van der Waals surface area (Å²) >= 11 is 0. The fourth-order valence-corrected chi connectivity index (χ4v) is 8.20. The number of non-ortho nitro benzene ring substituents is 1. The highest BCUT2D eigenvalue weighted by atomic mass is 16.6. The zero-order chi connectivity index (χ0) is 37.0. The maximum absolute atomic E-state index is 13.3. The number of nitrogens with one attached hydrogen (secondary N) is 2.